The zero-order chi connectivity index (χ0) is 21.3. The lowest BCUT2D eigenvalue weighted by Gasteiger charge is -2.30. The lowest BCUT2D eigenvalue weighted by molar-refractivity contribution is -0.157. The molecule has 0 bridgehead atoms. The summed E-state index contributed by atoms with van der Waals surface area (Å²) >= 11 is 0. The topological polar surface area (TPSA) is 76.7 Å². The Labute approximate surface area is 178 Å². The first-order valence-corrected chi connectivity index (χ1v) is 10.6. The van der Waals surface area contributed by atoms with Crippen LogP contribution in [-0.2, 0) is 14.3 Å². The van der Waals surface area contributed by atoms with Gasteiger partial charge in [0, 0.05) is 17.4 Å². The van der Waals surface area contributed by atoms with Crippen LogP contribution in [0, 0.1) is 5.92 Å². The highest BCUT2D eigenvalue weighted by molar-refractivity contribution is 5.84. The molecule has 0 radical (unpaired) electrons. The van der Waals surface area contributed by atoms with E-state index in [1.807, 2.05) is 42.5 Å². The van der Waals surface area contributed by atoms with Gasteiger partial charge in [-0.15, -0.1) is 0 Å². The van der Waals surface area contributed by atoms with Crippen molar-refractivity contribution in [3.05, 3.63) is 54.6 Å². The van der Waals surface area contributed by atoms with Crippen LogP contribution in [0.15, 0.2) is 54.6 Å². The Kier molecular flexibility index (Phi) is 7.71. The summed E-state index contributed by atoms with van der Waals surface area (Å²) in [5, 5.41) is 6.29. The average molecular weight is 411 g/mol. The van der Waals surface area contributed by atoms with Gasteiger partial charge in [-0.1, -0.05) is 38.0 Å². The van der Waals surface area contributed by atoms with Crippen LogP contribution in [0.2, 0.25) is 0 Å². The Morgan fingerprint density at radius 1 is 1.00 bits per heavy atom. The number of hydrogen-bond donors (Lipinski definition) is 2. The van der Waals surface area contributed by atoms with Crippen LogP contribution in [-0.4, -0.2) is 30.6 Å². The Bertz CT molecular complexity index is 823. The van der Waals surface area contributed by atoms with Crippen molar-refractivity contribution in [1.29, 1.82) is 0 Å². The highest BCUT2D eigenvalue weighted by Gasteiger charge is 2.26. The minimum atomic E-state index is -0.840. The van der Waals surface area contributed by atoms with Gasteiger partial charge in [-0.2, -0.15) is 0 Å². The second-order valence-electron chi connectivity index (χ2n) is 7.81. The largest absolute Gasteiger partial charge is 0.482 e. The van der Waals surface area contributed by atoms with E-state index in [0.717, 1.165) is 30.6 Å². The predicted octanol–water partition coefficient (Wildman–Crippen LogP) is 4.44. The smallest absolute Gasteiger partial charge is 0.344 e. The van der Waals surface area contributed by atoms with E-state index in [4.69, 9.17) is 9.47 Å². The molecule has 3 atom stereocenters. The molecule has 2 N–H and O–H groups in total. The average Bonchev–Trinajstić information content (AvgIpc) is 2.75. The summed E-state index contributed by atoms with van der Waals surface area (Å²) in [7, 11) is 0. The van der Waals surface area contributed by atoms with Crippen molar-refractivity contribution in [1.82, 2.24) is 5.32 Å². The molecule has 2 aromatic rings. The van der Waals surface area contributed by atoms with Gasteiger partial charge in [-0.05, 0) is 62.1 Å². The lowest BCUT2D eigenvalue weighted by Crippen LogP contribution is -2.46. The molecule has 1 fully saturated rings. The fraction of sp³-hybridized carbons (Fsp3) is 0.417. The third-order valence-electron chi connectivity index (χ3n) is 5.39. The summed E-state index contributed by atoms with van der Waals surface area (Å²) in [5.41, 5.74) is 1.91. The quantitative estimate of drug-likeness (QED) is 0.630. The Balaban J connectivity index is 1.40. The molecule has 0 unspecified atom stereocenters. The maximum Gasteiger partial charge on any atom is 0.344 e. The fourth-order valence-corrected chi connectivity index (χ4v) is 3.58. The van der Waals surface area contributed by atoms with Crippen molar-refractivity contribution < 1.29 is 19.1 Å². The fourth-order valence-electron chi connectivity index (χ4n) is 3.58. The molecular weight excluding hydrogens is 380 g/mol. The highest BCUT2D eigenvalue weighted by atomic mass is 16.6. The van der Waals surface area contributed by atoms with Crippen molar-refractivity contribution in [3.63, 3.8) is 0 Å². The van der Waals surface area contributed by atoms with E-state index in [1.165, 1.54) is 6.42 Å². The van der Waals surface area contributed by atoms with Gasteiger partial charge in [0.1, 0.15) is 5.75 Å². The minimum Gasteiger partial charge on any atom is -0.482 e. The van der Waals surface area contributed by atoms with Crippen molar-refractivity contribution in [2.75, 3.05) is 11.9 Å². The van der Waals surface area contributed by atoms with Crippen LogP contribution in [0.4, 0.5) is 11.4 Å². The second-order valence-corrected chi connectivity index (χ2v) is 7.81. The van der Waals surface area contributed by atoms with Crippen molar-refractivity contribution in [2.45, 2.75) is 51.7 Å². The molecule has 0 spiro atoms. The normalized spacial score (nSPS) is 19.4. The number of benzene rings is 2. The zero-order valence-electron chi connectivity index (χ0n) is 17.6. The van der Waals surface area contributed by atoms with E-state index in [-0.39, 0.29) is 18.6 Å². The van der Waals surface area contributed by atoms with Crippen LogP contribution in [0.3, 0.4) is 0 Å². The summed E-state index contributed by atoms with van der Waals surface area (Å²) in [6, 6.07) is 17.3. The number of ether oxygens (including phenoxy) is 2. The summed E-state index contributed by atoms with van der Waals surface area (Å²) in [5.74, 6) is 0.186. The zero-order valence-corrected chi connectivity index (χ0v) is 17.6. The minimum absolute atomic E-state index is 0.159. The number of para-hydroxylation sites is 1. The van der Waals surface area contributed by atoms with Gasteiger partial charge in [-0.25, -0.2) is 4.79 Å². The SMILES string of the molecule is C[C@@H](OC(=O)COc1ccc(Nc2ccccc2)cc1)C(=O)N[C@@H]1CCCC[C@@H]1C. The molecule has 6 nitrogen and oxygen atoms in total. The molecule has 6 heteroatoms. The molecule has 2 aromatic carbocycles. The molecule has 1 aliphatic rings. The number of rotatable bonds is 8. The third kappa shape index (κ3) is 6.51. The van der Waals surface area contributed by atoms with Gasteiger partial charge in [-0.3, -0.25) is 4.79 Å². The van der Waals surface area contributed by atoms with E-state index in [0.29, 0.717) is 11.7 Å². The molecule has 0 aliphatic heterocycles. The number of nitrogens with one attached hydrogen (secondary N) is 2. The van der Waals surface area contributed by atoms with E-state index < -0.39 is 12.1 Å². The maximum atomic E-state index is 12.3. The third-order valence-corrected chi connectivity index (χ3v) is 5.39. The summed E-state index contributed by atoms with van der Waals surface area (Å²) in [6.07, 6.45) is 3.58. The molecule has 1 saturated carbocycles. The Morgan fingerprint density at radius 2 is 1.67 bits per heavy atom. The molecule has 1 aliphatic carbocycles. The van der Waals surface area contributed by atoms with Gasteiger partial charge < -0.3 is 20.1 Å². The van der Waals surface area contributed by atoms with Crippen LogP contribution in [0.5, 0.6) is 5.75 Å². The van der Waals surface area contributed by atoms with Gasteiger partial charge >= 0.3 is 5.97 Å². The molecule has 0 saturated heterocycles. The lowest BCUT2D eigenvalue weighted by atomic mass is 9.86. The molecule has 0 aromatic heterocycles. The monoisotopic (exact) mass is 410 g/mol. The Hall–Kier alpha value is -3.02. The number of carbonyl (C=O) groups excluding carboxylic acids is 2. The van der Waals surface area contributed by atoms with Gasteiger partial charge in [0.25, 0.3) is 5.91 Å². The van der Waals surface area contributed by atoms with E-state index >= 15 is 0 Å². The van der Waals surface area contributed by atoms with Crippen LogP contribution >= 0.6 is 0 Å². The van der Waals surface area contributed by atoms with Crippen molar-refractivity contribution in [2.24, 2.45) is 5.92 Å². The summed E-state index contributed by atoms with van der Waals surface area (Å²) < 4.78 is 10.7. The first-order chi connectivity index (χ1) is 14.5. The van der Waals surface area contributed by atoms with Gasteiger partial charge in [0.2, 0.25) is 0 Å². The molecule has 1 amide bonds. The summed E-state index contributed by atoms with van der Waals surface area (Å²) in [4.78, 5) is 24.4. The van der Waals surface area contributed by atoms with Crippen LogP contribution in [0.25, 0.3) is 0 Å². The summed E-state index contributed by atoms with van der Waals surface area (Å²) in [6.45, 7) is 3.49. The predicted molar refractivity (Wildman–Crippen MR) is 117 cm³/mol. The molecule has 30 heavy (non-hydrogen) atoms. The van der Waals surface area contributed by atoms with Crippen molar-refractivity contribution in [3.8, 4) is 5.75 Å². The number of amides is 1. The highest BCUT2D eigenvalue weighted by Crippen LogP contribution is 2.24. The molecule has 0 heterocycles. The number of anilines is 2. The molecular formula is C24H30N2O4. The van der Waals surface area contributed by atoms with E-state index in [9.17, 15) is 9.59 Å². The first-order valence-electron chi connectivity index (χ1n) is 10.6. The molecule has 3 rings (SSSR count). The van der Waals surface area contributed by atoms with E-state index in [1.54, 1.807) is 19.1 Å². The van der Waals surface area contributed by atoms with E-state index in [2.05, 4.69) is 17.6 Å². The molecule has 160 valence electrons. The standard InChI is InChI=1S/C24H30N2O4/c1-17-8-6-7-11-22(17)26-24(28)18(2)30-23(27)16-29-21-14-12-20(13-15-21)25-19-9-4-3-5-10-19/h3-5,9-10,12-15,17-18,22,25H,6-8,11,16H2,1-2H3,(H,26,28)/t17-,18+,22+/m0/s1. The Morgan fingerprint density at radius 3 is 2.37 bits per heavy atom. The first kappa shape index (κ1) is 21.7. The second kappa shape index (κ2) is 10.7. The van der Waals surface area contributed by atoms with Gasteiger partial charge in [0.05, 0.1) is 0 Å². The number of esters is 1. The van der Waals surface area contributed by atoms with Crippen LogP contribution in [0.1, 0.15) is 39.5 Å². The number of hydrogen-bond acceptors (Lipinski definition) is 5. The van der Waals surface area contributed by atoms with Crippen molar-refractivity contribution >= 4 is 23.3 Å². The van der Waals surface area contributed by atoms with Gasteiger partial charge in [0.15, 0.2) is 12.7 Å². The number of carbonyl (C=O) groups is 2. The van der Waals surface area contributed by atoms with Crippen LogP contribution < -0.4 is 15.4 Å². The maximum absolute atomic E-state index is 12.3.